The van der Waals surface area contributed by atoms with Crippen LogP contribution >= 0.6 is 24.0 Å². The van der Waals surface area contributed by atoms with Crippen LogP contribution in [-0.2, 0) is 13.1 Å². The molecule has 2 N–H and O–H groups in total. The average molecular weight is 524 g/mol. The summed E-state index contributed by atoms with van der Waals surface area (Å²) in [5.74, 6) is 0.618. The number of nitrogens with one attached hydrogen (secondary N) is 2. The van der Waals surface area contributed by atoms with Gasteiger partial charge in [0.2, 0.25) is 0 Å². The molecule has 0 aliphatic rings. The van der Waals surface area contributed by atoms with Crippen LogP contribution in [0.4, 0.5) is 13.2 Å². The molecular formula is C19H28F3IN6. The van der Waals surface area contributed by atoms with Crippen molar-refractivity contribution in [1.29, 1.82) is 0 Å². The Morgan fingerprint density at radius 2 is 1.90 bits per heavy atom. The Bertz CT molecular complexity index is 734. The normalized spacial score (nSPS) is 12.0. The van der Waals surface area contributed by atoms with E-state index in [0.717, 1.165) is 11.1 Å². The summed E-state index contributed by atoms with van der Waals surface area (Å²) in [4.78, 5) is 5.44. The lowest BCUT2D eigenvalue weighted by molar-refractivity contribution is -0.143. The number of nitrogens with zero attached hydrogens (tertiary/aromatic N) is 4. The Balaban J connectivity index is 0.00000420. The molecule has 0 bridgehead atoms. The Morgan fingerprint density at radius 3 is 2.52 bits per heavy atom. The van der Waals surface area contributed by atoms with Crippen molar-refractivity contribution >= 4 is 29.9 Å². The number of guanidine groups is 1. The minimum Gasteiger partial charge on any atom is -0.356 e. The van der Waals surface area contributed by atoms with Gasteiger partial charge in [-0.25, -0.2) is 0 Å². The summed E-state index contributed by atoms with van der Waals surface area (Å²) in [7, 11) is 3.14. The lowest BCUT2D eigenvalue weighted by Gasteiger charge is -2.19. The first-order valence-electron chi connectivity index (χ1n) is 9.11. The van der Waals surface area contributed by atoms with Gasteiger partial charge in [-0.15, -0.1) is 24.0 Å². The first-order chi connectivity index (χ1) is 13.4. The number of halogens is 4. The molecule has 0 atom stereocenters. The molecule has 0 spiro atoms. The summed E-state index contributed by atoms with van der Waals surface area (Å²) in [6.07, 6.45) is 0.0891. The molecule has 1 aromatic heterocycles. The molecular weight excluding hydrogens is 496 g/mol. The van der Waals surface area contributed by atoms with E-state index in [-0.39, 0.29) is 24.0 Å². The van der Waals surface area contributed by atoms with Crippen LogP contribution in [0, 0.1) is 0 Å². The predicted molar refractivity (Wildman–Crippen MR) is 120 cm³/mol. The zero-order valence-electron chi connectivity index (χ0n) is 16.6. The number of hydrogen-bond acceptors (Lipinski definition) is 3. The second kappa shape index (κ2) is 12.7. The molecule has 1 heterocycles. The highest BCUT2D eigenvalue weighted by atomic mass is 127. The van der Waals surface area contributed by atoms with Crippen LogP contribution < -0.4 is 10.6 Å². The second-order valence-corrected chi connectivity index (χ2v) is 6.53. The maximum Gasteiger partial charge on any atom is 0.401 e. The lowest BCUT2D eigenvalue weighted by atomic mass is 10.1. The standard InChI is InChI=1S/C19H27F3N6.HI/c1-23-18(24-9-5-11-27(2)15-19(20,21)22)25-13-16-7-3-4-8-17(16)14-28-12-6-10-26-28;/h3-4,6-8,10,12H,5,9,11,13-15H2,1-2H3,(H2,23,24,25);1H. The van der Waals surface area contributed by atoms with Crippen molar-refractivity contribution in [3.63, 3.8) is 0 Å². The van der Waals surface area contributed by atoms with Crippen molar-refractivity contribution in [2.45, 2.75) is 25.7 Å². The van der Waals surface area contributed by atoms with Gasteiger partial charge >= 0.3 is 6.18 Å². The fraction of sp³-hybridized carbons (Fsp3) is 0.474. The van der Waals surface area contributed by atoms with Crippen LogP contribution in [0.1, 0.15) is 17.5 Å². The summed E-state index contributed by atoms with van der Waals surface area (Å²) in [5, 5.41) is 10.6. The highest BCUT2D eigenvalue weighted by Gasteiger charge is 2.28. The van der Waals surface area contributed by atoms with Crippen molar-refractivity contribution in [2.24, 2.45) is 4.99 Å². The van der Waals surface area contributed by atoms with E-state index in [2.05, 4.69) is 26.8 Å². The Morgan fingerprint density at radius 1 is 1.17 bits per heavy atom. The summed E-state index contributed by atoms with van der Waals surface area (Å²) >= 11 is 0. The van der Waals surface area contributed by atoms with E-state index >= 15 is 0 Å². The molecule has 0 aliphatic heterocycles. The van der Waals surface area contributed by atoms with Gasteiger partial charge in [-0.05, 0) is 37.2 Å². The van der Waals surface area contributed by atoms with E-state index in [9.17, 15) is 13.2 Å². The second-order valence-electron chi connectivity index (χ2n) is 6.53. The smallest absolute Gasteiger partial charge is 0.356 e. The molecule has 29 heavy (non-hydrogen) atoms. The SMILES string of the molecule is CN=C(NCCCN(C)CC(F)(F)F)NCc1ccccc1Cn1cccn1.I. The van der Waals surface area contributed by atoms with Crippen molar-refractivity contribution in [1.82, 2.24) is 25.3 Å². The molecule has 0 saturated carbocycles. The van der Waals surface area contributed by atoms with Crippen molar-refractivity contribution in [3.8, 4) is 0 Å². The summed E-state index contributed by atoms with van der Waals surface area (Å²) in [6.45, 7) is 1.27. The highest BCUT2D eigenvalue weighted by molar-refractivity contribution is 14.0. The van der Waals surface area contributed by atoms with Gasteiger partial charge in [-0.1, -0.05) is 24.3 Å². The molecule has 2 aromatic rings. The summed E-state index contributed by atoms with van der Waals surface area (Å²) in [5.41, 5.74) is 2.29. The predicted octanol–water partition coefficient (Wildman–Crippen LogP) is 3.10. The molecule has 0 saturated heterocycles. The Kier molecular flexibility index (Phi) is 11.0. The Hall–Kier alpha value is -1.82. The third-order valence-corrected chi connectivity index (χ3v) is 4.14. The number of aromatic nitrogens is 2. The summed E-state index contributed by atoms with van der Waals surface area (Å²) in [6, 6.07) is 9.97. The van der Waals surface area contributed by atoms with Gasteiger partial charge in [0.1, 0.15) is 0 Å². The van der Waals surface area contributed by atoms with Crippen molar-refractivity contribution in [3.05, 3.63) is 53.9 Å². The number of benzene rings is 1. The number of alkyl halides is 3. The van der Waals surface area contributed by atoms with Gasteiger partial charge in [0.05, 0.1) is 13.1 Å². The van der Waals surface area contributed by atoms with Crippen LogP contribution in [0.25, 0.3) is 0 Å². The average Bonchev–Trinajstić information content (AvgIpc) is 3.14. The Labute approximate surface area is 186 Å². The van der Waals surface area contributed by atoms with Crippen LogP contribution in [0.3, 0.4) is 0 Å². The zero-order chi connectivity index (χ0) is 20.4. The molecule has 1 aromatic carbocycles. The quantitative estimate of drug-likeness (QED) is 0.229. The van der Waals surface area contributed by atoms with E-state index in [4.69, 9.17) is 0 Å². The third kappa shape index (κ3) is 9.97. The first-order valence-corrected chi connectivity index (χ1v) is 9.11. The van der Waals surface area contributed by atoms with E-state index in [1.807, 2.05) is 35.1 Å². The van der Waals surface area contributed by atoms with Crippen molar-refractivity contribution < 1.29 is 13.2 Å². The maximum absolute atomic E-state index is 12.3. The fourth-order valence-electron chi connectivity index (χ4n) is 2.79. The van der Waals surface area contributed by atoms with Crippen LogP contribution in [0.15, 0.2) is 47.7 Å². The van der Waals surface area contributed by atoms with E-state index in [0.29, 0.717) is 38.6 Å². The van der Waals surface area contributed by atoms with Crippen LogP contribution in [-0.4, -0.2) is 60.5 Å². The van der Waals surface area contributed by atoms with Gasteiger partial charge in [0, 0.05) is 32.5 Å². The van der Waals surface area contributed by atoms with Crippen LogP contribution in [0.2, 0.25) is 0 Å². The molecule has 162 valence electrons. The first kappa shape index (κ1) is 25.2. The fourth-order valence-corrected chi connectivity index (χ4v) is 2.79. The van der Waals surface area contributed by atoms with Gasteiger partial charge in [0.15, 0.2) is 5.96 Å². The summed E-state index contributed by atoms with van der Waals surface area (Å²) < 4.78 is 38.8. The van der Waals surface area contributed by atoms with Gasteiger partial charge in [0.25, 0.3) is 0 Å². The lowest BCUT2D eigenvalue weighted by Crippen LogP contribution is -2.39. The molecule has 0 radical (unpaired) electrons. The van der Waals surface area contributed by atoms with Crippen LogP contribution in [0.5, 0.6) is 0 Å². The molecule has 0 fully saturated rings. The third-order valence-electron chi connectivity index (χ3n) is 4.14. The molecule has 0 amide bonds. The molecule has 0 aliphatic carbocycles. The molecule has 2 rings (SSSR count). The van der Waals surface area contributed by atoms with Gasteiger partial charge < -0.3 is 10.6 Å². The largest absolute Gasteiger partial charge is 0.401 e. The number of rotatable bonds is 9. The molecule has 0 unspecified atom stereocenters. The minimum absolute atomic E-state index is 0. The molecule has 10 heteroatoms. The highest BCUT2D eigenvalue weighted by Crippen LogP contribution is 2.15. The number of aliphatic imine (C=N–C) groups is 1. The minimum atomic E-state index is -4.16. The van der Waals surface area contributed by atoms with Gasteiger partial charge in [-0.3, -0.25) is 14.6 Å². The van der Waals surface area contributed by atoms with Gasteiger partial charge in [-0.2, -0.15) is 18.3 Å². The molecule has 6 nitrogen and oxygen atoms in total. The zero-order valence-corrected chi connectivity index (χ0v) is 18.9. The number of hydrogen-bond donors (Lipinski definition) is 2. The topological polar surface area (TPSA) is 57.5 Å². The monoisotopic (exact) mass is 524 g/mol. The van der Waals surface area contributed by atoms with E-state index < -0.39 is 12.7 Å². The van der Waals surface area contributed by atoms with Crippen molar-refractivity contribution in [2.75, 3.05) is 33.7 Å². The van der Waals surface area contributed by atoms with E-state index in [1.54, 1.807) is 13.2 Å². The van der Waals surface area contributed by atoms with E-state index in [1.165, 1.54) is 11.9 Å². The maximum atomic E-state index is 12.3.